The van der Waals surface area contributed by atoms with E-state index in [0.717, 1.165) is 25.7 Å². The summed E-state index contributed by atoms with van der Waals surface area (Å²) in [5.41, 5.74) is 4.97. The van der Waals surface area contributed by atoms with Crippen LogP contribution in [0.15, 0.2) is 0 Å². The van der Waals surface area contributed by atoms with Crippen molar-refractivity contribution in [2.24, 2.45) is 11.1 Å². The van der Waals surface area contributed by atoms with E-state index in [0.29, 0.717) is 6.54 Å². The van der Waals surface area contributed by atoms with Crippen molar-refractivity contribution >= 4 is 11.8 Å². The molecule has 0 unspecified atom stereocenters. The molecule has 2 fully saturated rings. The third-order valence-corrected chi connectivity index (χ3v) is 3.83. The second kappa shape index (κ2) is 3.73. The van der Waals surface area contributed by atoms with E-state index in [9.17, 15) is 14.7 Å². The summed E-state index contributed by atoms with van der Waals surface area (Å²) in [7, 11) is 0. The van der Waals surface area contributed by atoms with Crippen LogP contribution in [0.4, 0.5) is 0 Å². The van der Waals surface area contributed by atoms with Gasteiger partial charge in [-0.25, -0.2) is 0 Å². The molecule has 0 bridgehead atoms. The Morgan fingerprint density at radius 1 is 1.50 bits per heavy atom. The van der Waals surface area contributed by atoms with Gasteiger partial charge in [0, 0.05) is 6.54 Å². The van der Waals surface area contributed by atoms with E-state index in [4.69, 9.17) is 5.73 Å². The summed E-state index contributed by atoms with van der Waals surface area (Å²) in [6.45, 7) is 2.06. The van der Waals surface area contributed by atoms with Crippen molar-refractivity contribution in [3.05, 3.63) is 0 Å². The monoisotopic (exact) mass is 226 g/mol. The third-order valence-electron chi connectivity index (χ3n) is 3.83. The van der Waals surface area contributed by atoms with Gasteiger partial charge in [0.2, 0.25) is 11.8 Å². The van der Waals surface area contributed by atoms with Crippen molar-refractivity contribution in [3.8, 4) is 0 Å². The maximum atomic E-state index is 12.0. The van der Waals surface area contributed by atoms with Crippen LogP contribution in [-0.4, -0.2) is 40.5 Å². The zero-order chi connectivity index (χ0) is 11.9. The minimum Gasteiger partial charge on any atom is -0.391 e. The summed E-state index contributed by atoms with van der Waals surface area (Å²) in [6, 6.07) is -0.862. The van der Waals surface area contributed by atoms with Crippen molar-refractivity contribution in [2.75, 3.05) is 6.54 Å². The first-order valence-electron chi connectivity index (χ1n) is 5.76. The number of likely N-dealkylation sites (tertiary alicyclic amines) is 1. The maximum Gasteiger partial charge on any atom is 0.242 e. The van der Waals surface area contributed by atoms with Crippen LogP contribution in [-0.2, 0) is 9.59 Å². The highest BCUT2D eigenvalue weighted by Crippen LogP contribution is 2.47. The Labute approximate surface area is 94.6 Å². The number of β-lactam (4-membered cyclic amide) rings is 1. The summed E-state index contributed by atoms with van der Waals surface area (Å²) in [5, 5.41) is 9.47. The number of carbonyl (C=O) groups is 2. The zero-order valence-electron chi connectivity index (χ0n) is 9.48. The molecule has 1 aliphatic carbocycles. The van der Waals surface area contributed by atoms with Crippen molar-refractivity contribution in [2.45, 2.75) is 44.8 Å². The third kappa shape index (κ3) is 1.50. The molecule has 0 aromatic carbocycles. The number of aliphatic hydroxyl groups excluding tert-OH is 1. The van der Waals surface area contributed by atoms with E-state index >= 15 is 0 Å². The number of nitrogens with two attached hydrogens (primary N) is 1. The Bertz CT molecular complexity index is 321. The number of nitrogens with zero attached hydrogens (tertiary/aromatic N) is 1. The lowest BCUT2D eigenvalue weighted by Gasteiger charge is -2.50. The van der Waals surface area contributed by atoms with E-state index in [2.05, 4.69) is 0 Å². The molecule has 1 saturated carbocycles. The predicted molar refractivity (Wildman–Crippen MR) is 57.3 cm³/mol. The second-order valence-corrected chi connectivity index (χ2v) is 5.01. The molecule has 5 nitrogen and oxygen atoms in total. The molecular formula is C11H18N2O3. The largest absolute Gasteiger partial charge is 0.391 e. The minimum absolute atomic E-state index is 0.00491. The highest BCUT2D eigenvalue weighted by molar-refractivity contribution is 5.94. The average Bonchev–Trinajstić information content (AvgIpc) is 2.67. The normalized spacial score (nSPS) is 26.6. The fourth-order valence-corrected chi connectivity index (χ4v) is 2.98. The van der Waals surface area contributed by atoms with Crippen molar-refractivity contribution in [3.63, 3.8) is 0 Å². The van der Waals surface area contributed by atoms with Crippen molar-refractivity contribution in [1.29, 1.82) is 0 Å². The molecule has 1 spiro atoms. The molecule has 16 heavy (non-hydrogen) atoms. The second-order valence-electron chi connectivity index (χ2n) is 5.01. The number of aliphatic hydroxyl groups is 1. The van der Waals surface area contributed by atoms with E-state index in [1.807, 2.05) is 0 Å². The van der Waals surface area contributed by atoms with Crippen LogP contribution < -0.4 is 5.73 Å². The summed E-state index contributed by atoms with van der Waals surface area (Å²) in [6.07, 6.45) is 3.08. The first kappa shape index (κ1) is 11.4. The summed E-state index contributed by atoms with van der Waals surface area (Å²) < 4.78 is 0. The molecule has 5 heteroatoms. The molecule has 3 N–H and O–H groups in total. The molecule has 2 amide bonds. The number of hydrogen-bond acceptors (Lipinski definition) is 3. The fraction of sp³-hybridized carbons (Fsp3) is 0.818. The van der Waals surface area contributed by atoms with Gasteiger partial charge in [-0.1, -0.05) is 12.8 Å². The number of primary amides is 1. The van der Waals surface area contributed by atoms with Gasteiger partial charge in [-0.15, -0.1) is 0 Å². The molecule has 1 aliphatic heterocycles. The van der Waals surface area contributed by atoms with Gasteiger partial charge in [0.15, 0.2) is 0 Å². The van der Waals surface area contributed by atoms with E-state index in [1.54, 1.807) is 0 Å². The quantitative estimate of drug-likeness (QED) is 0.644. The highest BCUT2D eigenvalue weighted by atomic mass is 16.3. The molecule has 2 aliphatic rings. The SMILES string of the molecule is C[C@@H](O)[C@@H](C(N)=O)N1CC2(CCCC2)C1=O. The molecule has 1 heterocycles. The topological polar surface area (TPSA) is 83.6 Å². The van der Waals surface area contributed by atoms with E-state index in [1.165, 1.54) is 11.8 Å². The predicted octanol–water partition coefficient (Wildman–Crippen LogP) is -0.376. The molecule has 0 aromatic rings. The number of carbonyl (C=O) groups excluding carboxylic acids is 2. The van der Waals surface area contributed by atoms with Gasteiger partial charge >= 0.3 is 0 Å². The van der Waals surface area contributed by atoms with Crippen molar-refractivity contribution < 1.29 is 14.7 Å². The standard InChI is InChI=1S/C11H18N2O3/c1-7(14)8(9(12)15)13-6-11(10(13)16)4-2-3-5-11/h7-8,14H,2-6H2,1H3,(H2,12,15)/t7-,8+/m1/s1. The number of amides is 2. The average molecular weight is 226 g/mol. The molecule has 2 atom stereocenters. The van der Waals surface area contributed by atoms with Crippen LogP contribution in [0.5, 0.6) is 0 Å². The Balaban J connectivity index is 2.08. The Morgan fingerprint density at radius 2 is 2.06 bits per heavy atom. The highest BCUT2D eigenvalue weighted by Gasteiger charge is 2.56. The molecular weight excluding hydrogens is 208 g/mol. The minimum atomic E-state index is -0.903. The first-order valence-corrected chi connectivity index (χ1v) is 5.76. The van der Waals surface area contributed by atoms with Gasteiger partial charge in [-0.2, -0.15) is 0 Å². The van der Waals surface area contributed by atoms with Crippen molar-refractivity contribution in [1.82, 2.24) is 4.90 Å². The Kier molecular flexibility index (Phi) is 2.66. The molecule has 2 rings (SSSR count). The Hall–Kier alpha value is -1.10. The van der Waals surface area contributed by atoms with Gasteiger partial charge in [0.1, 0.15) is 6.04 Å². The summed E-state index contributed by atoms with van der Waals surface area (Å²) in [5.74, 6) is -0.633. The van der Waals surface area contributed by atoms with Gasteiger partial charge in [0.25, 0.3) is 0 Å². The summed E-state index contributed by atoms with van der Waals surface area (Å²) in [4.78, 5) is 24.7. The van der Waals surface area contributed by atoms with Crippen LogP contribution in [0, 0.1) is 5.41 Å². The van der Waals surface area contributed by atoms with E-state index in [-0.39, 0.29) is 11.3 Å². The maximum absolute atomic E-state index is 12.0. The van der Waals surface area contributed by atoms with Gasteiger partial charge in [0.05, 0.1) is 11.5 Å². The van der Waals surface area contributed by atoms with Crippen LogP contribution in [0.25, 0.3) is 0 Å². The first-order chi connectivity index (χ1) is 7.48. The van der Waals surface area contributed by atoms with Crippen LogP contribution in [0.3, 0.4) is 0 Å². The number of rotatable bonds is 3. The summed E-state index contributed by atoms with van der Waals surface area (Å²) >= 11 is 0. The molecule has 1 saturated heterocycles. The molecule has 0 radical (unpaired) electrons. The lowest BCUT2D eigenvalue weighted by Crippen LogP contribution is -2.68. The van der Waals surface area contributed by atoms with Gasteiger partial charge in [-0.3, -0.25) is 9.59 Å². The van der Waals surface area contributed by atoms with Crippen LogP contribution in [0.1, 0.15) is 32.6 Å². The van der Waals surface area contributed by atoms with Crippen LogP contribution >= 0.6 is 0 Å². The molecule has 0 aromatic heterocycles. The van der Waals surface area contributed by atoms with Gasteiger partial charge < -0.3 is 15.7 Å². The number of hydrogen-bond donors (Lipinski definition) is 2. The fourth-order valence-electron chi connectivity index (χ4n) is 2.98. The Morgan fingerprint density at radius 3 is 2.44 bits per heavy atom. The van der Waals surface area contributed by atoms with E-state index < -0.39 is 18.1 Å². The van der Waals surface area contributed by atoms with Gasteiger partial charge in [-0.05, 0) is 19.8 Å². The zero-order valence-corrected chi connectivity index (χ0v) is 9.48. The lowest BCUT2D eigenvalue weighted by molar-refractivity contribution is -0.170. The lowest BCUT2D eigenvalue weighted by atomic mass is 9.76. The van der Waals surface area contributed by atoms with Crippen LogP contribution in [0.2, 0.25) is 0 Å². The molecule has 90 valence electrons. The smallest absolute Gasteiger partial charge is 0.242 e.